The number of hydrogen-bond donors (Lipinski definition) is 3. The lowest BCUT2D eigenvalue weighted by atomic mass is 10.1. The van der Waals surface area contributed by atoms with Gasteiger partial charge in [-0.3, -0.25) is 4.79 Å². The maximum absolute atomic E-state index is 12.0. The quantitative estimate of drug-likeness (QED) is 0.648. The molecule has 0 aliphatic carbocycles. The number of carbonyl (C=O) groups excluding carboxylic acids is 1. The van der Waals surface area contributed by atoms with E-state index in [0.717, 1.165) is 25.9 Å². The first-order valence-electron chi connectivity index (χ1n) is 7.60. The van der Waals surface area contributed by atoms with E-state index in [2.05, 4.69) is 15.4 Å². The predicted octanol–water partition coefficient (Wildman–Crippen LogP) is 0.471. The van der Waals surface area contributed by atoms with Crippen molar-refractivity contribution in [2.45, 2.75) is 24.2 Å². The monoisotopic (exact) mass is 325 g/mol. The van der Waals surface area contributed by atoms with Crippen LogP contribution in [0.3, 0.4) is 0 Å². The fourth-order valence-electron chi connectivity index (χ4n) is 2.45. The molecule has 0 aromatic heterocycles. The van der Waals surface area contributed by atoms with Crippen molar-refractivity contribution in [2.24, 2.45) is 5.92 Å². The number of rotatable bonds is 8. The lowest BCUT2D eigenvalue weighted by molar-refractivity contribution is -0.120. The Morgan fingerprint density at radius 2 is 2.00 bits per heavy atom. The summed E-state index contributed by atoms with van der Waals surface area (Å²) in [5.74, 6) is 0.513. The summed E-state index contributed by atoms with van der Waals surface area (Å²) in [5.41, 5.74) is 0. The Labute approximate surface area is 131 Å². The minimum Gasteiger partial charge on any atom is -0.356 e. The van der Waals surface area contributed by atoms with Gasteiger partial charge in [0.05, 0.1) is 4.90 Å². The van der Waals surface area contributed by atoms with Crippen LogP contribution in [0.2, 0.25) is 0 Å². The van der Waals surface area contributed by atoms with Gasteiger partial charge in [-0.2, -0.15) is 0 Å². The average Bonchev–Trinajstić information content (AvgIpc) is 3.01. The molecule has 6 nitrogen and oxygen atoms in total. The molecule has 0 bridgehead atoms. The van der Waals surface area contributed by atoms with Crippen molar-refractivity contribution >= 4 is 15.9 Å². The van der Waals surface area contributed by atoms with Gasteiger partial charge in [0.1, 0.15) is 0 Å². The molecule has 2 rings (SSSR count). The molecule has 1 aliphatic heterocycles. The second kappa shape index (κ2) is 8.26. The molecule has 0 saturated carbocycles. The molecule has 1 amide bonds. The van der Waals surface area contributed by atoms with Gasteiger partial charge < -0.3 is 10.6 Å². The van der Waals surface area contributed by atoms with Crippen LogP contribution in [-0.4, -0.2) is 40.5 Å². The van der Waals surface area contributed by atoms with Crippen molar-refractivity contribution in [2.75, 3.05) is 26.2 Å². The van der Waals surface area contributed by atoms with Gasteiger partial charge in [-0.15, -0.1) is 0 Å². The molecule has 1 heterocycles. The van der Waals surface area contributed by atoms with E-state index in [9.17, 15) is 13.2 Å². The largest absolute Gasteiger partial charge is 0.356 e. The Kier molecular flexibility index (Phi) is 6.35. The Hall–Kier alpha value is -1.44. The maximum atomic E-state index is 12.0. The van der Waals surface area contributed by atoms with Crippen LogP contribution in [0.5, 0.6) is 0 Å². The molecular formula is C15H23N3O3S. The van der Waals surface area contributed by atoms with E-state index in [0.29, 0.717) is 12.5 Å². The highest BCUT2D eigenvalue weighted by atomic mass is 32.2. The second-order valence-electron chi connectivity index (χ2n) is 5.46. The third-order valence-electron chi connectivity index (χ3n) is 3.73. The molecular weight excluding hydrogens is 302 g/mol. The van der Waals surface area contributed by atoms with Gasteiger partial charge in [-0.25, -0.2) is 13.1 Å². The topological polar surface area (TPSA) is 87.3 Å². The van der Waals surface area contributed by atoms with E-state index in [4.69, 9.17) is 0 Å². The normalized spacial score (nSPS) is 18.3. The molecule has 1 aromatic rings. The van der Waals surface area contributed by atoms with Crippen molar-refractivity contribution in [1.82, 2.24) is 15.4 Å². The summed E-state index contributed by atoms with van der Waals surface area (Å²) < 4.78 is 26.3. The number of sulfonamides is 1. The molecule has 0 spiro atoms. The van der Waals surface area contributed by atoms with Crippen LogP contribution >= 0.6 is 0 Å². The highest BCUT2D eigenvalue weighted by Crippen LogP contribution is 2.10. The third-order valence-corrected chi connectivity index (χ3v) is 5.21. The standard InChI is InChI=1S/C15H23N3O3S/c19-15(17-10-7-13-6-9-16-12-13)8-11-18-22(20,21)14-4-2-1-3-5-14/h1-5,13,16,18H,6-12H2,(H,17,19). The van der Waals surface area contributed by atoms with Gasteiger partial charge in [0.15, 0.2) is 0 Å². The molecule has 0 radical (unpaired) electrons. The zero-order valence-electron chi connectivity index (χ0n) is 12.5. The van der Waals surface area contributed by atoms with Crippen LogP contribution in [0.4, 0.5) is 0 Å². The fraction of sp³-hybridized carbons (Fsp3) is 0.533. The van der Waals surface area contributed by atoms with Gasteiger partial charge in [-0.05, 0) is 44.0 Å². The first-order valence-corrected chi connectivity index (χ1v) is 9.08. The maximum Gasteiger partial charge on any atom is 0.240 e. The summed E-state index contributed by atoms with van der Waals surface area (Å²) in [5, 5.41) is 6.12. The first-order chi connectivity index (χ1) is 10.6. The molecule has 1 fully saturated rings. The molecule has 7 heteroatoms. The number of carbonyl (C=O) groups is 1. The highest BCUT2D eigenvalue weighted by Gasteiger charge is 2.15. The van der Waals surface area contributed by atoms with Gasteiger partial charge >= 0.3 is 0 Å². The van der Waals surface area contributed by atoms with Crippen LogP contribution < -0.4 is 15.4 Å². The van der Waals surface area contributed by atoms with Crippen molar-refractivity contribution in [3.63, 3.8) is 0 Å². The Bertz CT molecular complexity index is 569. The zero-order valence-corrected chi connectivity index (χ0v) is 13.4. The van der Waals surface area contributed by atoms with Crippen molar-refractivity contribution in [1.29, 1.82) is 0 Å². The number of benzene rings is 1. The van der Waals surface area contributed by atoms with Crippen molar-refractivity contribution in [3.05, 3.63) is 30.3 Å². The molecule has 1 unspecified atom stereocenters. The van der Waals surface area contributed by atoms with E-state index in [-0.39, 0.29) is 23.8 Å². The predicted molar refractivity (Wildman–Crippen MR) is 84.9 cm³/mol. The number of hydrogen-bond acceptors (Lipinski definition) is 4. The Morgan fingerprint density at radius 3 is 2.68 bits per heavy atom. The summed E-state index contributed by atoms with van der Waals surface area (Å²) in [6.45, 7) is 2.83. The van der Waals surface area contributed by atoms with Crippen LogP contribution in [0, 0.1) is 5.92 Å². The molecule has 122 valence electrons. The lowest BCUT2D eigenvalue weighted by Crippen LogP contribution is -2.31. The molecule has 1 atom stereocenters. The zero-order chi connectivity index (χ0) is 15.8. The third kappa shape index (κ3) is 5.40. The number of nitrogens with one attached hydrogen (secondary N) is 3. The smallest absolute Gasteiger partial charge is 0.240 e. The van der Waals surface area contributed by atoms with E-state index < -0.39 is 10.0 Å². The van der Waals surface area contributed by atoms with Crippen LogP contribution in [0.1, 0.15) is 19.3 Å². The summed E-state index contributed by atoms with van der Waals surface area (Å²) in [7, 11) is -3.53. The van der Waals surface area contributed by atoms with Crippen LogP contribution in [-0.2, 0) is 14.8 Å². The van der Waals surface area contributed by atoms with E-state index in [1.54, 1.807) is 18.2 Å². The molecule has 1 saturated heterocycles. The Balaban J connectivity index is 1.64. The molecule has 1 aromatic carbocycles. The van der Waals surface area contributed by atoms with Gasteiger partial charge in [0.25, 0.3) is 0 Å². The summed E-state index contributed by atoms with van der Waals surface area (Å²) in [6.07, 6.45) is 2.27. The lowest BCUT2D eigenvalue weighted by Gasteiger charge is -2.10. The first kappa shape index (κ1) is 16.9. The average molecular weight is 325 g/mol. The summed E-state index contributed by atoms with van der Waals surface area (Å²) in [6, 6.07) is 8.14. The second-order valence-corrected chi connectivity index (χ2v) is 7.23. The highest BCUT2D eigenvalue weighted by molar-refractivity contribution is 7.89. The van der Waals surface area contributed by atoms with Crippen LogP contribution in [0.15, 0.2) is 35.2 Å². The van der Waals surface area contributed by atoms with Crippen LogP contribution in [0.25, 0.3) is 0 Å². The Morgan fingerprint density at radius 1 is 1.23 bits per heavy atom. The summed E-state index contributed by atoms with van der Waals surface area (Å²) in [4.78, 5) is 11.9. The molecule has 22 heavy (non-hydrogen) atoms. The van der Waals surface area contributed by atoms with Gasteiger partial charge in [0, 0.05) is 19.5 Å². The van der Waals surface area contributed by atoms with Crippen molar-refractivity contribution < 1.29 is 13.2 Å². The SMILES string of the molecule is O=C(CCNS(=O)(=O)c1ccccc1)NCCC1CCNC1. The van der Waals surface area contributed by atoms with Gasteiger partial charge in [-0.1, -0.05) is 18.2 Å². The fourth-order valence-corrected chi connectivity index (χ4v) is 3.50. The number of amides is 1. The summed E-state index contributed by atoms with van der Waals surface area (Å²) >= 11 is 0. The minimum absolute atomic E-state index is 0.105. The van der Waals surface area contributed by atoms with Crippen molar-refractivity contribution in [3.8, 4) is 0 Å². The van der Waals surface area contributed by atoms with E-state index in [1.807, 2.05) is 0 Å². The van der Waals surface area contributed by atoms with Gasteiger partial charge in [0.2, 0.25) is 15.9 Å². The minimum atomic E-state index is -3.53. The van der Waals surface area contributed by atoms with E-state index in [1.165, 1.54) is 12.1 Å². The van der Waals surface area contributed by atoms with E-state index >= 15 is 0 Å². The molecule has 3 N–H and O–H groups in total. The molecule has 1 aliphatic rings.